The SMILES string of the molecule is CCOc1cccc(C(O)Cc2ccccn2)c1. The minimum Gasteiger partial charge on any atom is -0.494 e. The second-order valence-electron chi connectivity index (χ2n) is 4.05. The van der Waals surface area contributed by atoms with Crippen LogP contribution in [0.2, 0.25) is 0 Å². The molecule has 2 rings (SSSR count). The predicted molar refractivity (Wildman–Crippen MR) is 70.5 cm³/mol. The van der Waals surface area contributed by atoms with Crippen LogP contribution in [0.5, 0.6) is 5.75 Å². The van der Waals surface area contributed by atoms with Gasteiger partial charge in [0.1, 0.15) is 5.75 Å². The molecule has 0 saturated heterocycles. The van der Waals surface area contributed by atoms with Crippen molar-refractivity contribution < 1.29 is 9.84 Å². The summed E-state index contributed by atoms with van der Waals surface area (Å²) in [6.45, 7) is 2.57. The molecular weight excluding hydrogens is 226 g/mol. The predicted octanol–water partition coefficient (Wildman–Crippen LogP) is 2.76. The van der Waals surface area contributed by atoms with E-state index >= 15 is 0 Å². The number of nitrogens with zero attached hydrogens (tertiary/aromatic N) is 1. The highest BCUT2D eigenvalue weighted by molar-refractivity contribution is 5.30. The van der Waals surface area contributed by atoms with E-state index in [-0.39, 0.29) is 0 Å². The molecule has 1 aromatic heterocycles. The molecule has 1 atom stereocenters. The molecule has 0 spiro atoms. The van der Waals surface area contributed by atoms with Gasteiger partial charge in [0.15, 0.2) is 0 Å². The lowest BCUT2D eigenvalue weighted by molar-refractivity contribution is 0.176. The summed E-state index contributed by atoms with van der Waals surface area (Å²) >= 11 is 0. The van der Waals surface area contributed by atoms with E-state index in [0.29, 0.717) is 13.0 Å². The van der Waals surface area contributed by atoms with Crippen LogP contribution in [0.25, 0.3) is 0 Å². The number of ether oxygens (including phenoxy) is 1. The van der Waals surface area contributed by atoms with Crippen LogP contribution >= 0.6 is 0 Å². The smallest absolute Gasteiger partial charge is 0.119 e. The lowest BCUT2D eigenvalue weighted by Crippen LogP contribution is -2.03. The molecule has 1 unspecified atom stereocenters. The average Bonchev–Trinajstić information content (AvgIpc) is 2.40. The van der Waals surface area contributed by atoms with Crippen molar-refractivity contribution >= 4 is 0 Å². The molecule has 0 radical (unpaired) electrons. The van der Waals surface area contributed by atoms with E-state index in [1.54, 1.807) is 6.20 Å². The van der Waals surface area contributed by atoms with E-state index < -0.39 is 6.10 Å². The Kier molecular flexibility index (Phi) is 4.31. The summed E-state index contributed by atoms with van der Waals surface area (Å²) in [4.78, 5) is 4.21. The topological polar surface area (TPSA) is 42.4 Å². The summed E-state index contributed by atoms with van der Waals surface area (Å²) in [6, 6.07) is 13.3. The van der Waals surface area contributed by atoms with Crippen LogP contribution in [-0.2, 0) is 6.42 Å². The molecule has 0 bridgehead atoms. The Hall–Kier alpha value is -1.87. The van der Waals surface area contributed by atoms with Crippen molar-refractivity contribution in [3.05, 3.63) is 59.9 Å². The number of aromatic nitrogens is 1. The van der Waals surface area contributed by atoms with E-state index in [2.05, 4.69) is 4.98 Å². The first-order chi connectivity index (χ1) is 8.79. The Bertz CT molecular complexity index is 485. The lowest BCUT2D eigenvalue weighted by atomic mass is 10.0. The molecule has 1 N–H and O–H groups in total. The highest BCUT2D eigenvalue weighted by Gasteiger charge is 2.10. The standard InChI is InChI=1S/C15H17NO2/c1-2-18-14-8-5-6-12(10-14)15(17)11-13-7-3-4-9-16-13/h3-10,15,17H,2,11H2,1H3. The summed E-state index contributed by atoms with van der Waals surface area (Å²) in [5.41, 5.74) is 1.73. The molecule has 2 aromatic rings. The Balaban J connectivity index is 2.08. The second-order valence-corrected chi connectivity index (χ2v) is 4.05. The van der Waals surface area contributed by atoms with Crippen LogP contribution in [0.4, 0.5) is 0 Å². The van der Waals surface area contributed by atoms with Crippen molar-refractivity contribution in [1.29, 1.82) is 0 Å². The molecule has 18 heavy (non-hydrogen) atoms. The first-order valence-corrected chi connectivity index (χ1v) is 6.10. The van der Waals surface area contributed by atoms with Crippen molar-refractivity contribution in [3.8, 4) is 5.75 Å². The van der Waals surface area contributed by atoms with Gasteiger partial charge in [0.25, 0.3) is 0 Å². The first kappa shape index (κ1) is 12.6. The minimum absolute atomic E-state index is 0.510. The minimum atomic E-state index is -0.555. The van der Waals surface area contributed by atoms with Gasteiger partial charge in [-0.2, -0.15) is 0 Å². The van der Waals surface area contributed by atoms with E-state index in [9.17, 15) is 5.11 Å². The largest absolute Gasteiger partial charge is 0.494 e. The Labute approximate surface area is 107 Å². The zero-order valence-electron chi connectivity index (χ0n) is 10.4. The lowest BCUT2D eigenvalue weighted by Gasteiger charge is -2.12. The summed E-state index contributed by atoms with van der Waals surface area (Å²) in [7, 11) is 0. The molecule has 1 heterocycles. The van der Waals surface area contributed by atoms with Gasteiger partial charge in [0.05, 0.1) is 12.7 Å². The van der Waals surface area contributed by atoms with Crippen LogP contribution in [-0.4, -0.2) is 16.7 Å². The molecule has 0 aliphatic rings. The number of aliphatic hydroxyl groups is 1. The fraction of sp³-hybridized carbons (Fsp3) is 0.267. The molecule has 94 valence electrons. The molecule has 0 fully saturated rings. The van der Waals surface area contributed by atoms with Gasteiger partial charge < -0.3 is 9.84 Å². The molecule has 0 aliphatic heterocycles. The highest BCUT2D eigenvalue weighted by atomic mass is 16.5. The van der Waals surface area contributed by atoms with Crippen molar-refractivity contribution in [2.24, 2.45) is 0 Å². The summed E-state index contributed by atoms with van der Waals surface area (Å²) in [6.07, 6.45) is 1.69. The summed E-state index contributed by atoms with van der Waals surface area (Å²) in [5, 5.41) is 10.2. The van der Waals surface area contributed by atoms with Gasteiger partial charge in [-0.1, -0.05) is 18.2 Å². The van der Waals surface area contributed by atoms with Gasteiger partial charge in [0, 0.05) is 18.3 Å². The van der Waals surface area contributed by atoms with Crippen LogP contribution in [0.3, 0.4) is 0 Å². The highest BCUT2D eigenvalue weighted by Crippen LogP contribution is 2.21. The van der Waals surface area contributed by atoms with Gasteiger partial charge in [-0.15, -0.1) is 0 Å². The number of rotatable bonds is 5. The van der Waals surface area contributed by atoms with Crippen molar-refractivity contribution in [3.63, 3.8) is 0 Å². The number of aliphatic hydroxyl groups excluding tert-OH is 1. The fourth-order valence-corrected chi connectivity index (χ4v) is 1.81. The van der Waals surface area contributed by atoms with Crippen molar-refractivity contribution in [2.75, 3.05) is 6.61 Å². The normalized spacial score (nSPS) is 12.1. The third kappa shape index (κ3) is 3.31. The van der Waals surface area contributed by atoms with Crippen molar-refractivity contribution in [2.45, 2.75) is 19.4 Å². The maximum absolute atomic E-state index is 10.2. The summed E-state index contributed by atoms with van der Waals surface area (Å²) in [5.74, 6) is 0.787. The molecule has 1 aromatic carbocycles. The van der Waals surface area contributed by atoms with Gasteiger partial charge >= 0.3 is 0 Å². The van der Waals surface area contributed by atoms with E-state index in [4.69, 9.17) is 4.74 Å². The van der Waals surface area contributed by atoms with Crippen molar-refractivity contribution in [1.82, 2.24) is 4.98 Å². The van der Waals surface area contributed by atoms with Gasteiger partial charge in [-0.25, -0.2) is 0 Å². The van der Waals surface area contributed by atoms with Gasteiger partial charge in [0.2, 0.25) is 0 Å². The molecule has 0 saturated carbocycles. The number of hydrogen-bond acceptors (Lipinski definition) is 3. The second kappa shape index (κ2) is 6.17. The number of benzene rings is 1. The Morgan fingerprint density at radius 3 is 2.83 bits per heavy atom. The van der Waals surface area contributed by atoms with Gasteiger partial charge in [-0.05, 0) is 36.8 Å². The zero-order chi connectivity index (χ0) is 12.8. The monoisotopic (exact) mass is 243 g/mol. The van der Waals surface area contributed by atoms with E-state index in [1.165, 1.54) is 0 Å². The molecular formula is C15H17NO2. The fourth-order valence-electron chi connectivity index (χ4n) is 1.81. The van der Waals surface area contributed by atoms with Gasteiger partial charge in [-0.3, -0.25) is 4.98 Å². The van der Waals surface area contributed by atoms with Crippen LogP contribution < -0.4 is 4.74 Å². The van der Waals surface area contributed by atoms with Crippen LogP contribution in [0.15, 0.2) is 48.7 Å². The Morgan fingerprint density at radius 1 is 1.22 bits per heavy atom. The van der Waals surface area contributed by atoms with E-state index in [1.807, 2.05) is 49.4 Å². The zero-order valence-corrected chi connectivity index (χ0v) is 10.4. The van der Waals surface area contributed by atoms with Crippen LogP contribution in [0.1, 0.15) is 24.3 Å². The molecule has 3 nitrogen and oxygen atoms in total. The number of pyridine rings is 1. The third-order valence-electron chi connectivity index (χ3n) is 2.68. The molecule has 3 heteroatoms. The number of hydrogen-bond donors (Lipinski definition) is 1. The van der Waals surface area contributed by atoms with E-state index in [0.717, 1.165) is 17.0 Å². The Morgan fingerprint density at radius 2 is 2.11 bits per heavy atom. The van der Waals surface area contributed by atoms with Crippen LogP contribution in [0, 0.1) is 0 Å². The molecule has 0 aliphatic carbocycles. The maximum Gasteiger partial charge on any atom is 0.119 e. The average molecular weight is 243 g/mol. The third-order valence-corrected chi connectivity index (χ3v) is 2.68. The quantitative estimate of drug-likeness (QED) is 0.878. The first-order valence-electron chi connectivity index (χ1n) is 6.10. The molecule has 0 amide bonds. The maximum atomic E-state index is 10.2. The summed E-state index contributed by atoms with van der Waals surface area (Å²) < 4.78 is 5.42.